The largest absolute Gasteiger partial charge is 0.329 e. The Labute approximate surface area is 111 Å². The van der Waals surface area contributed by atoms with Crippen LogP contribution in [0.2, 0.25) is 0 Å². The molecule has 0 atom stereocenters. The Morgan fingerprint density at radius 3 is 2.33 bits per heavy atom. The van der Waals surface area contributed by atoms with E-state index in [0.29, 0.717) is 5.92 Å². The molecule has 0 unspecified atom stereocenters. The standard InChI is InChI=1S/C16H26N2/c1-13(2)15-8-6-14(7-9-15)12-18(11-10-17)16-4-3-5-16/h6-9,13,16H,3-5,10-12,17H2,1-2H3. The van der Waals surface area contributed by atoms with Gasteiger partial charge in [0.25, 0.3) is 0 Å². The van der Waals surface area contributed by atoms with E-state index in [1.807, 2.05) is 0 Å². The minimum absolute atomic E-state index is 0.617. The molecule has 18 heavy (non-hydrogen) atoms. The molecule has 0 aliphatic heterocycles. The summed E-state index contributed by atoms with van der Waals surface area (Å²) in [6, 6.07) is 9.86. The highest BCUT2D eigenvalue weighted by molar-refractivity contribution is 5.24. The van der Waals surface area contributed by atoms with Crippen molar-refractivity contribution in [2.45, 2.75) is 51.6 Å². The van der Waals surface area contributed by atoms with Gasteiger partial charge in [0.15, 0.2) is 0 Å². The Morgan fingerprint density at radius 1 is 1.22 bits per heavy atom. The Kier molecular flexibility index (Phi) is 4.79. The van der Waals surface area contributed by atoms with Gasteiger partial charge in [-0.1, -0.05) is 44.5 Å². The summed E-state index contributed by atoms with van der Waals surface area (Å²) in [6.07, 6.45) is 4.09. The first kappa shape index (κ1) is 13.6. The van der Waals surface area contributed by atoms with Crippen molar-refractivity contribution in [3.05, 3.63) is 35.4 Å². The van der Waals surface area contributed by atoms with Crippen molar-refractivity contribution in [1.82, 2.24) is 4.90 Å². The zero-order valence-corrected chi connectivity index (χ0v) is 11.7. The molecule has 0 amide bonds. The average molecular weight is 246 g/mol. The van der Waals surface area contributed by atoms with Crippen LogP contribution in [0.3, 0.4) is 0 Å². The average Bonchev–Trinajstić information content (AvgIpc) is 2.27. The Bertz CT molecular complexity index is 352. The van der Waals surface area contributed by atoms with Crippen molar-refractivity contribution in [2.75, 3.05) is 13.1 Å². The second kappa shape index (κ2) is 6.35. The highest BCUT2D eigenvalue weighted by atomic mass is 15.2. The third-order valence-electron chi connectivity index (χ3n) is 4.04. The normalized spacial score (nSPS) is 16.3. The molecular weight excluding hydrogens is 220 g/mol. The molecule has 0 spiro atoms. The number of hydrogen-bond acceptors (Lipinski definition) is 2. The first-order valence-corrected chi connectivity index (χ1v) is 7.23. The smallest absolute Gasteiger partial charge is 0.0237 e. The Balaban J connectivity index is 1.97. The van der Waals surface area contributed by atoms with E-state index in [0.717, 1.165) is 25.7 Å². The van der Waals surface area contributed by atoms with Crippen LogP contribution in [-0.2, 0) is 6.54 Å². The molecule has 2 N–H and O–H groups in total. The molecule has 2 nitrogen and oxygen atoms in total. The lowest BCUT2D eigenvalue weighted by atomic mass is 9.91. The highest BCUT2D eigenvalue weighted by Crippen LogP contribution is 2.26. The number of nitrogens with zero attached hydrogens (tertiary/aromatic N) is 1. The van der Waals surface area contributed by atoms with Crippen molar-refractivity contribution in [3.63, 3.8) is 0 Å². The fraction of sp³-hybridized carbons (Fsp3) is 0.625. The molecular formula is C16H26N2. The molecule has 1 aliphatic rings. The molecule has 2 rings (SSSR count). The predicted octanol–water partition coefficient (Wildman–Crippen LogP) is 3.12. The zero-order valence-electron chi connectivity index (χ0n) is 11.7. The van der Waals surface area contributed by atoms with Crippen LogP contribution in [-0.4, -0.2) is 24.0 Å². The van der Waals surface area contributed by atoms with Gasteiger partial charge < -0.3 is 5.73 Å². The fourth-order valence-corrected chi connectivity index (χ4v) is 2.55. The number of rotatable bonds is 6. The molecule has 0 aromatic heterocycles. The van der Waals surface area contributed by atoms with E-state index in [1.165, 1.54) is 30.4 Å². The van der Waals surface area contributed by atoms with Gasteiger partial charge in [0.05, 0.1) is 0 Å². The predicted molar refractivity (Wildman–Crippen MR) is 77.6 cm³/mol. The molecule has 1 saturated carbocycles. The van der Waals surface area contributed by atoms with Crippen molar-refractivity contribution in [3.8, 4) is 0 Å². The Morgan fingerprint density at radius 2 is 1.89 bits per heavy atom. The second-order valence-corrected chi connectivity index (χ2v) is 5.74. The van der Waals surface area contributed by atoms with E-state index in [2.05, 4.69) is 43.0 Å². The van der Waals surface area contributed by atoms with Crippen LogP contribution in [0.25, 0.3) is 0 Å². The van der Waals surface area contributed by atoms with Gasteiger partial charge in [-0.3, -0.25) is 4.90 Å². The van der Waals surface area contributed by atoms with Gasteiger partial charge in [-0.15, -0.1) is 0 Å². The quantitative estimate of drug-likeness (QED) is 0.835. The second-order valence-electron chi connectivity index (χ2n) is 5.74. The maximum Gasteiger partial charge on any atom is 0.0237 e. The first-order valence-electron chi connectivity index (χ1n) is 7.23. The topological polar surface area (TPSA) is 29.3 Å². The lowest BCUT2D eigenvalue weighted by molar-refractivity contribution is 0.123. The fourth-order valence-electron chi connectivity index (χ4n) is 2.55. The van der Waals surface area contributed by atoms with Gasteiger partial charge in [0.2, 0.25) is 0 Å². The molecule has 1 aliphatic carbocycles. The lowest BCUT2D eigenvalue weighted by Crippen LogP contribution is -2.42. The van der Waals surface area contributed by atoms with Gasteiger partial charge in [-0.05, 0) is 29.9 Å². The van der Waals surface area contributed by atoms with E-state index in [-0.39, 0.29) is 0 Å². The molecule has 0 bridgehead atoms. The van der Waals surface area contributed by atoms with Crippen LogP contribution >= 0.6 is 0 Å². The molecule has 2 heteroatoms. The summed E-state index contributed by atoms with van der Waals surface area (Å²) >= 11 is 0. The van der Waals surface area contributed by atoms with E-state index in [9.17, 15) is 0 Å². The van der Waals surface area contributed by atoms with Crippen LogP contribution in [0.1, 0.15) is 50.2 Å². The van der Waals surface area contributed by atoms with Crippen LogP contribution in [0, 0.1) is 0 Å². The third kappa shape index (κ3) is 3.33. The summed E-state index contributed by atoms with van der Waals surface area (Å²) in [4.78, 5) is 2.55. The number of hydrogen-bond donors (Lipinski definition) is 1. The van der Waals surface area contributed by atoms with Gasteiger partial charge in [-0.2, -0.15) is 0 Å². The van der Waals surface area contributed by atoms with Gasteiger partial charge in [0.1, 0.15) is 0 Å². The molecule has 0 heterocycles. The molecule has 0 saturated heterocycles. The van der Waals surface area contributed by atoms with Crippen LogP contribution in [0.15, 0.2) is 24.3 Å². The molecule has 1 aromatic carbocycles. The SMILES string of the molecule is CC(C)c1ccc(CN(CCN)C2CCC2)cc1. The van der Waals surface area contributed by atoms with Crippen LogP contribution in [0.4, 0.5) is 0 Å². The van der Waals surface area contributed by atoms with Crippen LogP contribution < -0.4 is 5.73 Å². The monoisotopic (exact) mass is 246 g/mol. The third-order valence-corrected chi connectivity index (χ3v) is 4.04. The summed E-state index contributed by atoms with van der Waals surface area (Å²) < 4.78 is 0. The maximum atomic E-state index is 5.72. The van der Waals surface area contributed by atoms with E-state index in [1.54, 1.807) is 0 Å². The van der Waals surface area contributed by atoms with Crippen molar-refractivity contribution in [1.29, 1.82) is 0 Å². The van der Waals surface area contributed by atoms with Crippen LogP contribution in [0.5, 0.6) is 0 Å². The zero-order chi connectivity index (χ0) is 13.0. The van der Waals surface area contributed by atoms with E-state index < -0.39 is 0 Å². The molecule has 100 valence electrons. The maximum absolute atomic E-state index is 5.72. The minimum atomic E-state index is 0.617. The van der Waals surface area contributed by atoms with E-state index in [4.69, 9.17) is 5.73 Å². The van der Waals surface area contributed by atoms with Gasteiger partial charge in [-0.25, -0.2) is 0 Å². The summed E-state index contributed by atoms with van der Waals surface area (Å²) in [5.74, 6) is 0.617. The summed E-state index contributed by atoms with van der Waals surface area (Å²) in [7, 11) is 0. The number of nitrogens with two attached hydrogens (primary N) is 1. The lowest BCUT2D eigenvalue weighted by Gasteiger charge is -2.37. The summed E-state index contributed by atoms with van der Waals surface area (Å²) in [5.41, 5.74) is 8.56. The summed E-state index contributed by atoms with van der Waals surface area (Å²) in [5, 5.41) is 0. The van der Waals surface area contributed by atoms with E-state index >= 15 is 0 Å². The minimum Gasteiger partial charge on any atom is -0.329 e. The Hall–Kier alpha value is -0.860. The highest BCUT2D eigenvalue weighted by Gasteiger charge is 2.24. The molecule has 1 aromatic rings. The van der Waals surface area contributed by atoms with Gasteiger partial charge in [0, 0.05) is 25.7 Å². The van der Waals surface area contributed by atoms with Crippen molar-refractivity contribution in [2.24, 2.45) is 5.73 Å². The summed E-state index contributed by atoms with van der Waals surface area (Å²) in [6.45, 7) is 7.33. The van der Waals surface area contributed by atoms with Crippen molar-refractivity contribution < 1.29 is 0 Å². The van der Waals surface area contributed by atoms with Gasteiger partial charge >= 0.3 is 0 Å². The van der Waals surface area contributed by atoms with Crippen molar-refractivity contribution >= 4 is 0 Å². The number of benzene rings is 1. The molecule has 1 fully saturated rings. The first-order chi connectivity index (χ1) is 8.70. The molecule has 0 radical (unpaired) electrons.